The number of hydrogen-bond donors (Lipinski definition) is 1. The van der Waals surface area contributed by atoms with Crippen molar-refractivity contribution in [2.45, 2.75) is 11.3 Å². The summed E-state index contributed by atoms with van der Waals surface area (Å²) >= 11 is 7.21. The number of nitrogens with zero attached hydrogens (tertiary/aromatic N) is 3. The minimum Gasteiger partial charge on any atom is -0.491 e. The van der Waals surface area contributed by atoms with Gasteiger partial charge in [-0.1, -0.05) is 23.4 Å². The summed E-state index contributed by atoms with van der Waals surface area (Å²) in [5, 5.41) is 18.9. The largest absolute Gasteiger partial charge is 0.491 e. The van der Waals surface area contributed by atoms with Gasteiger partial charge in [0.25, 0.3) is 0 Å². The van der Waals surface area contributed by atoms with Crippen LogP contribution in [-0.4, -0.2) is 38.3 Å². The molecule has 0 aliphatic rings. The summed E-state index contributed by atoms with van der Waals surface area (Å²) in [5.41, 5.74) is 0. The second-order valence-corrected chi connectivity index (χ2v) is 5.38. The van der Waals surface area contributed by atoms with Crippen LogP contribution in [0.4, 0.5) is 0 Å². The molecule has 1 unspecified atom stereocenters. The summed E-state index contributed by atoms with van der Waals surface area (Å²) in [5.74, 6) is 1.19. The smallest absolute Gasteiger partial charge is 0.190 e. The Bertz CT molecular complexity index is 518. The van der Waals surface area contributed by atoms with Gasteiger partial charge < -0.3 is 14.4 Å². The minimum absolute atomic E-state index is 0.229. The van der Waals surface area contributed by atoms with Gasteiger partial charge in [-0.3, -0.25) is 0 Å². The number of ether oxygens (including phenoxy) is 1. The van der Waals surface area contributed by atoms with Crippen LogP contribution in [0.1, 0.15) is 0 Å². The quantitative estimate of drug-likeness (QED) is 0.827. The van der Waals surface area contributed by atoms with Crippen LogP contribution in [0.25, 0.3) is 0 Å². The van der Waals surface area contributed by atoms with Crippen molar-refractivity contribution in [1.82, 2.24) is 14.8 Å². The van der Waals surface area contributed by atoms with Gasteiger partial charge in [-0.05, 0) is 24.3 Å². The molecule has 0 saturated heterocycles. The van der Waals surface area contributed by atoms with E-state index in [1.807, 2.05) is 7.05 Å². The number of aliphatic hydroxyl groups is 1. The predicted molar refractivity (Wildman–Crippen MR) is 74.7 cm³/mol. The van der Waals surface area contributed by atoms with Crippen LogP contribution in [0.15, 0.2) is 35.7 Å². The summed E-state index contributed by atoms with van der Waals surface area (Å²) in [7, 11) is 1.86. The molecule has 1 heterocycles. The van der Waals surface area contributed by atoms with E-state index in [-0.39, 0.29) is 6.61 Å². The number of rotatable bonds is 6. The molecule has 5 nitrogen and oxygen atoms in total. The average molecular weight is 300 g/mol. The Morgan fingerprint density at radius 1 is 1.42 bits per heavy atom. The molecule has 2 rings (SSSR count). The highest BCUT2D eigenvalue weighted by molar-refractivity contribution is 7.99. The van der Waals surface area contributed by atoms with Crippen LogP contribution >= 0.6 is 23.4 Å². The fourth-order valence-electron chi connectivity index (χ4n) is 1.35. The monoisotopic (exact) mass is 299 g/mol. The first-order valence-corrected chi connectivity index (χ1v) is 7.05. The molecule has 0 fully saturated rings. The molecule has 19 heavy (non-hydrogen) atoms. The summed E-state index contributed by atoms with van der Waals surface area (Å²) in [6, 6.07) is 7.03. The van der Waals surface area contributed by atoms with Crippen LogP contribution < -0.4 is 4.74 Å². The molecule has 102 valence electrons. The molecule has 7 heteroatoms. The van der Waals surface area contributed by atoms with Gasteiger partial charge >= 0.3 is 0 Å². The summed E-state index contributed by atoms with van der Waals surface area (Å²) in [4.78, 5) is 0. The van der Waals surface area contributed by atoms with Gasteiger partial charge in [0.15, 0.2) is 5.16 Å². The number of aryl methyl sites for hydroxylation is 1. The Morgan fingerprint density at radius 3 is 2.79 bits per heavy atom. The van der Waals surface area contributed by atoms with Crippen molar-refractivity contribution in [3.8, 4) is 5.75 Å². The van der Waals surface area contributed by atoms with Crippen molar-refractivity contribution >= 4 is 23.4 Å². The van der Waals surface area contributed by atoms with E-state index in [4.69, 9.17) is 16.3 Å². The van der Waals surface area contributed by atoms with Crippen molar-refractivity contribution in [1.29, 1.82) is 0 Å². The van der Waals surface area contributed by atoms with Crippen LogP contribution in [0, 0.1) is 0 Å². The predicted octanol–water partition coefficient (Wildman–Crippen LogP) is 2.00. The highest BCUT2D eigenvalue weighted by atomic mass is 35.5. The van der Waals surface area contributed by atoms with Crippen LogP contribution in [0.2, 0.25) is 5.02 Å². The minimum atomic E-state index is -0.572. The van der Waals surface area contributed by atoms with Gasteiger partial charge in [-0.2, -0.15) is 0 Å². The highest BCUT2D eigenvalue weighted by Crippen LogP contribution is 2.17. The zero-order valence-electron chi connectivity index (χ0n) is 10.4. The van der Waals surface area contributed by atoms with Gasteiger partial charge in [0.1, 0.15) is 18.7 Å². The summed E-state index contributed by atoms with van der Waals surface area (Å²) < 4.78 is 7.26. The molecule has 0 radical (unpaired) electrons. The Labute approximate surface area is 120 Å². The maximum absolute atomic E-state index is 9.83. The van der Waals surface area contributed by atoms with Gasteiger partial charge in [-0.25, -0.2) is 0 Å². The molecule has 1 N–H and O–H groups in total. The molecule has 0 saturated carbocycles. The highest BCUT2D eigenvalue weighted by Gasteiger charge is 2.09. The van der Waals surface area contributed by atoms with Crippen LogP contribution in [-0.2, 0) is 7.05 Å². The maximum Gasteiger partial charge on any atom is 0.190 e. The van der Waals surface area contributed by atoms with E-state index in [9.17, 15) is 5.11 Å². The number of benzene rings is 1. The van der Waals surface area contributed by atoms with Crippen LogP contribution in [0.3, 0.4) is 0 Å². The van der Waals surface area contributed by atoms with E-state index < -0.39 is 6.10 Å². The van der Waals surface area contributed by atoms with E-state index in [1.165, 1.54) is 11.8 Å². The molecule has 1 atom stereocenters. The van der Waals surface area contributed by atoms with Crippen molar-refractivity contribution in [2.24, 2.45) is 7.05 Å². The van der Waals surface area contributed by atoms with E-state index in [2.05, 4.69) is 10.2 Å². The number of halogens is 1. The molecule has 0 bridgehead atoms. The van der Waals surface area contributed by atoms with Gasteiger partial charge in [0.2, 0.25) is 0 Å². The average Bonchev–Trinajstić information content (AvgIpc) is 2.81. The third-order valence-corrected chi connectivity index (χ3v) is 3.76. The Morgan fingerprint density at radius 2 is 2.16 bits per heavy atom. The molecule has 0 amide bonds. The normalized spacial score (nSPS) is 12.4. The second kappa shape index (κ2) is 6.79. The molecule has 0 spiro atoms. The maximum atomic E-state index is 9.83. The van der Waals surface area contributed by atoms with Gasteiger partial charge in [0, 0.05) is 17.8 Å². The van der Waals surface area contributed by atoms with E-state index in [0.717, 1.165) is 5.16 Å². The number of thioether (sulfide) groups is 1. The fourth-order valence-corrected chi connectivity index (χ4v) is 2.26. The Balaban J connectivity index is 1.74. The lowest BCUT2D eigenvalue weighted by Crippen LogP contribution is -2.20. The van der Waals surface area contributed by atoms with E-state index in [1.54, 1.807) is 35.2 Å². The first kappa shape index (κ1) is 14.2. The van der Waals surface area contributed by atoms with Crippen molar-refractivity contribution < 1.29 is 9.84 Å². The first-order valence-electron chi connectivity index (χ1n) is 5.68. The molecular formula is C12H14ClN3O2S. The van der Waals surface area contributed by atoms with Crippen LogP contribution in [0.5, 0.6) is 5.75 Å². The SMILES string of the molecule is Cn1cnnc1SCC(O)COc1ccc(Cl)cc1. The third kappa shape index (κ3) is 4.41. The second-order valence-electron chi connectivity index (χ2n) is 3.95. The summed E-state index contributed by atoms with van der Waals surface area (Å²) in [6.45, 7) is 0.229. The Hall–Kier alpha value is -1.24. The molecule has 0 aliphatic carbocycles. The molecular weight excluding hydrogens is 286 g/mol. The standard InChI is InChI=1S/C12H14ClN3O2S/c1-16-8-14-15-12(16)19-7-10(17)6-18-11-4-2-9(13)3-5-11/h2-5,8,10,17H,6-7H2,1H3. The Kier molecular flexibility index (Phi) is 5.07. The van der Waals surface area contributed by atoms with E-state index >= 15 is 0 Å². The molecule has 2 aromatic rings. The van der Waals surface area contributed by atoms with Gasteiger partial charge in [-0.15, -0.1) is 10.2 Å². The number of aromatic nitrogens is 3. The van der Waals surface area contributed by atoms with Gasteiger partial charge in [0.05, 0.1) is 6.10 Å². The lowest BCUT2D eigenvalue weighted by molar-refractivity contribution is 0.126. The lowest BCUT2D eigenvalue weighted by Gasteiger charge is -2.11. The third-order valence-electron chi connectivity index (χ3n) is 2.33. The molecule has 1 aromatic carbocycles. The number of aliphatic hydroxyl groups excluding tert-OH is 1. The van der Waals surface area contributed by atoms with Crippen molar-refractivity contribution in [3.05, 3.63) is 35.6 Å². The zero-order chi connectivity index (χ0) is 13.7. The number of hydrogen-bond acceptors (Lipinski definition) is 5. The molecule has 1 aromatic heterocycles. The zero-order valence-corrected chi connectivity index (χ0v) is 11.9. The lowest BCUT2D eigenvalue weighted by atomic mass is 10.3. The first-order chi connectivity index (χ1) is 9.15. The van der Waals surface area contributed by atoms with Crippen molar-refractivity contribution in [3.63, 3.8) is 0 Å². The van der Waals surface area contributed by atoms with E-state index in [0.29, 0.717) is 16.5 Å². The molecule has 0 aliphatic heterocycles. The van der Waals surface area contributed by atoms with Crippen molar-refractivity contribution in [2.75, 3.05) is 12.4 Å². The fraction of sp³-hybridized carbons (Fsp3) is 0.333. The summed E-state index contributed by atoms with van der Waals surface area (Å²) in [6.07, 6.45) is 1.05. The topological polar surface area (TPSA) is 60.2 Å².